The lowest BCUT2D eigenvalue weighted by molar-refractivity contribution is -0.138. The number of piperidine rings is 1. The van der Waals surface area contributed by atoms with Gasteiger partial charge in [-0.1, -0.05) is 67.9 Å². The van der Waals surface area contributed by atoms with Crippen LogP contribution in [0.3, 0.4) is 0 Å². The zero-order valence-electron chi connectivity index (χ0n) is 25.7. The molecule has 46 heavy (non-hydrogen) atoms. The summed E-state index contributed by atoms with van der Waals surface area (Å²) in [4.78, 5) is 35.0. The van der Waals surface area contributed by atoms with Gasteiger partial charge in [-0.15, -0.1) is 0 Å². The Kier molecular flexibility index (Phi) is 8.95. The van der Waals surface area contributed by atoms with E-state index in [1.54, 1.807) is 24.5 Å². The molecule has 238 valence electrons. The minimum atomic E-state index is -4.55. The number of nitrogens with one attached hydrogen (secondary N) is 1. The molecule has 4 aromatic rings. The predicted octanol–water partition coefficient (Wildman–Crippen LogP) is 7.39. The number of rotatable bonds is 9. The first kappa shape index (κ1) is 31.5. The van der Waals surface area contributed by atoms with Gasteiger partial charge in [0, 0.05) is 35.6 Å². The molecule has 0 saturated carbocycles. The molecule has 9 heteroatoms. The van der Waals surface area contributed by atoms with Crippen molar-refractivity contribution in [3.8, 4) is 22.3 Å². The molecule has 1 saturated heterocycles. The number of nitrogens with zero attached hydrogens (tertiary/aromatic N) is 2. The van der Waals surface area contributed by atoms with Crippen molar-refractivity contribution < 1.29 is 22.8 Å². The van der Waals surface area contributed by atoms with Gasteiger partial charge in [-0.2, -0.15) is 13.2 Å². The number of carbonyl (C=O) groups excluding carboxylic acids is 2. The van der Waals surface area contributed by atoms with Crippen LogP contribution >= 0.6 is 0 Å². The van der Waals surface area contributed by atoms with Gasteiger partial charge in [-0.25, -0.2) is 0 Å². The lowest BCUT2D eigenvalue weighted by atomic mass is 9.83. The van der Waals surface area contributed by atoms with Crippen molar-refractivity contribution in [2.24, 2.45) is 5.73 Å². The molecule has 2 aliphatic rings. The Labute approximate surface area is 266 Å². The van der Waals surface area contributed by atoms with Crippen molar-refractivity contribution in [2.45, 2.75) is 63.7 Å². The van der Waals surface area contributed by atoms with E-state index in [1.807, 2.05) is 54.6 Å². The Morgan fingerprint density at radius 2 is 1.74 bits per heavy atom. The average Bonchev–Trinajstić information content (AvgIpc) is 3.40. The van der Waals surface area contributed by atoms with Crippen LogP contribution in [0.25, 0.3) is 22.3 Å². The van der Waals surface area contributed by atoms with Gasteiger partial charge in [0.2, 0.25) is 5.91 Å². The number of halogens is 3. The first-order valence-corrected chi connectivity index (χ1v) is 15.9. The second kappa shape index (κ2) is 13.1. The summed E-state index contributed by atoms with van der Waals surface area (Å²) in [5, 5.41) is 2.15. The van der Waals surface area contributed by atoms with Gasteiger partial charge in [0.15, 0.2) is 5.78 Å². The summed E-state index contributed by atoms with van der Waals surface area (Å²) in [5.74, 6) is -1.85. The molecule has 6 nitrogen and oxygen atoms in total. The highest BCUT2D eigenvalue weighted by Crippen LogP contribution is 2.51. The minimum Gasteiger partial charge on any atom is -0.355 e. The number of alkyl halides is 3. The summed E-state index contributed by atoms with van der Waals surface area (Å²) in [7, 11) is 0. The maximum absolute atomic E-state index is 14.9. The van der Waals surface area contributed by atoms with Crippen molar-refractivity contribution >= 4 is 17.4 Å². The summed E-state index contributed by atoms with van der Waals surface area (Å²) >= 11 is 0. The van der Waals surface area contributed by atoms with Gasteiger partial charge in [-0.05, 0) is 77.6 Å². The number of benzene rings is 3. The van der Waals surface area contributed by atoms with Crippen LogP contribution in [0.2, 0.25) is 0 Å². The van der Waals surface area contributed by atoms with Crippen molar-refractivity contribution in [1.82, 2.24) is 10.3 Å². The monoisotopic (exact) mass is 626 g/mol. The van der Waals surface area contributed by atoms with Crippen LogP contribution < -0.4 is 16.0 Å². The Morgan fingerprint density at radius 1 is 0.978 bits per heavy atom. The normalized spacial score (nSPS) is 17.4. The number of unbranched alkanes of at least 4 members (excludes halogenated alkanes) is 1. The van der Waals surface area contributed by atoms with E-state index in [9.17, 15) is 22.8 Å². The first-order valence-electron chi connectivity index (χ1n) is 15.9. The number of carbonyl (C=O) groups is 2. The van der Waals surface area contributed by atoms with Gasteiger partial charge in [-0.3, -0.25) is 14.6 Å². The summed E-state index contributed by atoms with van der Waals surface area (Å²) < 4.78 is 39.8. The fourth-order valence-corrected chi connectivity index (χ4v) is 6.95. The Bertz CT molecular complexity index is 1760. The molecule has 2 atom stereocenters. The van der Waals surface area contributed by atoms with Crippen molar-refractivity contribution in [2.75, 3.05) is 18.0 Å². The smallest absolute Gasteiger partial charge is 0.355 e. The minimum absolute atomic E-state index is 0.185. The highest BCUT2D eigenvalue weighted by molar-refractivity contribution is 6.17. The number of hydrogen-bond acceptors (Lipinski definition) is 5. The molecule has 2 unspecified atom stereocenters. The molecular formula is C37H37F3N4O2. The number of amides is 1. The molecule has 1 aliphatic carbocycles. The van der Waals surface area contributed by atoms with Crippen LogP contribution in [0.1, 0.15) is 77.6 Å². The third-order valence-electron chi connectivity index (χ3n) is 9.03. The molecule has 0 bridgehead atoms. The molecule has 0 radical (unpaired) electrons. The number of nitrogens with two attached hydrogens (primary N) is 1. The third-order valence-corrected chi connectivity index (χ3v) is 9.03. The number of pyridine rings is 1. The number of aromatic nitrogens is 1. The van der Waals surface area contributed by atoms with Crippen LogP contribution in [-0.4, -0.2) is 42.1 Å². The fourth-order valence-electron chi connectivity index (χ4n) is 6.95. The average molecular weight is 627 g/mol. The fraction of sp³-hybridized carbons (Fsp3) is 0.324. The zero-order valence-corrected chi connectivity index (χ0v) is 25.7. The molecule has 0 spiro atoms. The topological polar surface area (TPSA) is 88.3 Å². The third kappa shape index (κ3) is 6.03. The van der Waals surface area contributed by atoms with E-state index in [-0.39, 0.29) is 11.9 Å². The maximum atomic E-state index is 14.9. The van der Waals surface area contributed by atoms with E-state index in [4.69, 9.17) is 5.73 Å². The van der Waals surface area contributed by atoms with Crippen molar-refractivity contribution in [1.29, 1.82) is 0 Å². The second-order valence-corrected chi connectivity index (χ2v) is 12.0. The van der Waals surface area contributed by atoms with Gasteiger partial charge >= 0.3 is 6.18 Å². The zero-order chi connectivity index (χ0) is 32.4. The Balaban J connectivity index is 1.62. The Morgan fingerprint density at radius 3 is 2.46 bits per heavy atom. The summed E-state index contributed by atoms with van der Waals surface area (Å²) in [6.45, 7) is 1.27. The van der Waals surface area contributed by atoms with Crippen LogP contribution in [0.4, 0.5) is 18.9 Å². The molecule has 3 aromatic carbocycles. The maximum Gasteiger partial charge on any atom is 0.405 e. The van der Waals surface area contributed by atoms with Crippen molar-refractivity contribution in [3.05, 3.63) is 107 Å². The largest absolute Gasteiger partial charge is 0.405 e. The van der Waals surface area contributed by atoms with Crippen LogP contribution in [0.15, 0.2) is 79.1 Å². The SMILES string of the molecule is CCCCc1c2c(cc(C(=O)c3ccccc3-c3cccnc3)c1N1CCCCC1N)-c1ccccc1C2C(=O)NCC(F)(F)F. The lowest BCUT2D eigenvalue weighted by Crippen LogP contribution is -2.47. The van der Waals surface area contributed by atoms with Gasteiger partial charge < -0.3 is 16.0 Å². The highest BCUT2D eigenvalue weighted by atomic mass is 19.4. The van der Waals surface area contributed by atoms with E-state index in [2.05, 4.69) is 22.1 Å². The Hall–Kier alpha value is -4.50. The van der Waals surface area contributed by atoms with E-state index in [0.29, 0.717) is 46.5 Å². The number of ketones is 1. The molecule has 6 rings (SSSR count). The number of fused-ring (bicyclic) bond motifs is 3. The van der Waals surface area contributed by atoms with E-state index in [1.165, 1.54) is 0 Å². The summed E-state index contributed by atoms with van der Waals surface area (Å²) in [6, 6.07) is 20.3. The summed E-state index contributed by atoms with van der Waals surface area (Å²) in [6.07, 6.45) is 3.23. The standard InChI is InChI=1S/C37H37F3N4O2/c1-2-3-12-28-32-29(25-14-5-6-15-26(25)33(32)36(46)43-22-37(38,39)40)20-30(34(28)44-19-9-8-17-31(44)41)35(45)27-16-7-4-13-24(27)23-11-10-18-42-21-23/h4-7,10-11,13-16,18,20-21,31,33H,2-3,8-9,12,17,19,22,41H2,1H3,(H,43,46). The number of anilines is 1. The van der Waals surface area contributed by atoms with Gasteiger partial charge in [0.05, 0.1) is 17.8 Å². The van der Waals surface area contributed by atoms with Crippen LogP contribution in [0, 0.1) is 0 Å². The molecule has 3 N–H and O–H groups in total. The first-order chi connectivity index (χ1) is 22.2. The van der Waals surface area contributed by atoms with Crippen LogP contribution in [-0.2, 0) is 11.2 Å². The van der Waals surface area contributed by atoms with Crippen LogP contribution in [0.5, 0.6) is 0 Å². The van der Waals surface area contributed by atoms with E-state index < -0.39 is 24.5 Å². The predicted molar refractivity (Wildman–Crippen MR) is 174 cm³/mol. The van der Waals surface area contributed by atoms with Crippen molar-refractivity contribution in [3.63, 3.8) is 0 Å². The van der Waals surface area contributed by atoms with E-state index >= 15 is 0 Å². The molecular weight excluding hydrogens is 589 g/mol. The molecule has 1 fully saturated rings. The quantitative estimate of drug-likeness (QED) is 0.189. The molecule has 1 aromatic heterocycles. The second-order valence-electron chi connectivity index (χ2n) is 12.0. The summed E-state index contributed by atoms with van der Waals surface area (Å²) in [5.41, 5.74) is 13.5. The van der Waals surface area contributed by atoms with Gasteiger partial charge in [0.25, 0.3) is 0 Å². The van der Waals surface area contributed by atoms with Gasteiger partial charge in [0.1, 0.15) is 6.54 Å². The molecule has 1 aliphatic heterocycles. The molecule has 2 heterocycles. The molecule has 1 amide bonds. The number of hydrogen-bond donors (Lipinski definition) is 2. The lowest BCUT2D eigenvalue weighted by Gasteiger charge is -2.38. The highest BCUT2D eigenvalue weighted by Gasteiger charge is 2.41. The van der Waals surface area contributed by atoms with E-state index in [0.717, 1.165) is 54.4 Å².